The van der Waals surface area contributed by atoms with Crippen molar-refractivity contribution in [3.05, 3.63) is 41.5 Å². The van der Waals surface area contributed by atoms with Gasteiger partial charge in [-0.1, -0.05) is 17.8 Å². The van der Waals surface area contributed by atoms with Crippen LogP contribution in [-0.4, -0.2) is 22.8 Å². The number of carbonyl (C=O) groups excluding carboxylic acids is 1. The van der Waals surface area contributed by atoms with Crippen LogP contribution >= 0.6 is 23.1 Å². The quantitative estimate of drug-likeness (QED) is 0.691. The zero-order valence-corrected chi connectivity index (χ0v) is 11.7. The molecule has 19 heavy (non-hydrogen) atoms. The van der Waals surface area contributed by atoms with Crippen molar-refractivity contribution in [3.63, 3.8) is 0 Å². The Morgan fingerprint density at radius 2 is 2.37 bits per heavy atom. The van der Waals surface area contributed by atoms with E-state index in [0.29, 0.717) is 5.69 Å². The molecule has 2 aromatic heterocycles. The highest BCUT2D eigenvalue weighted by Gasteiger charge is 2.13. The number of rotatable bonds is 4. The Labute approximate surface area is 118 Å². The number of nitrogens with zero attached hydrogens (tertiary/aromatic N) is 2. The summed E-state index contributed by atoms with van der Waals surface area (Å²) in [5, 5.41) is 2.63. The minimum atomic E-state index is 0.587. The van der Waals surface area contributed by atoms with Crippen LogP contribution in [0.15, 0.2) is 45.8 Å². The summed E-state index contributed by atoms with van der Waals surface area (Å²) < 4.78 is 6.99. The second-order valence-corrected chi connectivity index (χ2v) is 5.69. The standard InChI is InChI=1S/C13H10N2O2S2/c1-17-9-3-2-4-10(7-9)19-12-11(8-16)15-5-6-18-13(15)14-12/h2-8H,1H3. The van der Waals surface area contributed by atoms with E-state index in [0.717, 1.165) is 26.9 Å². The molecule has 0 N–H and O–H groups in total. The molecule has 0 fully saturated rings. The van der Waals surface area contributed by atoms with Gasteiger partial charge < -0.3 is 4.74 Å². The van der Waals surface area contributed by atoms with Gasteiger partial charge in [-0.05, 0) is 18.2 Å². The lowest BCUT2D eigenvalue weighted by atomic mass is 10.3. The highest BCUT2D eigenvalue weighted by atomic mass is 32.2. The fourth-order valence-electron chi connectivity index (χ4n) is 1.74. The highest BCUT2D eigenvalue weighted by molar-refractivity contribution is 7.99. The fraction of sp³-hybridized carbons (Fsp3) is 0.0769. The van der Waals surface area contributed by atoms with Gasteiger partial charge in [-0.3, -0.25) is 9.20 Å². The number of carbonyl (C=O) groups is 1. The Hall–Kier alpha value is -1.79. The van der Waals surface area contributed by atoms with E-state index in [-0.39, 0.29) is 0 Å². The number of hydrogen-bond acceptors (Lipinski definition) is 5. The molecule has 0 amide bonds. The van der Waals surface area contributed by atoms with Crippen molar-refractivity contribution in [1.29, 1.82) is 0 Å². The number of aldehydes is 1. The van der Waals surface area contributed by atoms with Gasteiger partial charge in [0.2, 0.25) is 0 Å². The summed E-state index contributed by atoms with van der Waals surface area (Å²) in [6.45, 7) is 0. The molecule has 6 heteroatoms. The summed E-state index contributed by atoms with van der Waals surface area (Å²) in [7, 11) is 1.63. The lowest BCUT2D eigenvalue weighted by Crippen LogP contribution is -1.88. The number of aromatic nitrogens is 2. The molecule has 0 radical (unpaired) electrons. The topological polar surface area (TPSA) is 43.6 Å². The number of benzene rings is 1. The Morgan fingerprint density at radius 1 is 1.47 bits per heavy atom. The molecule has 0 aliphatic carbocycles. The predicted molar refractivity (Wildman–Crippen MR) is 75.6 cm³/mol. The molecule has 0 spiro atoms. The average Bonchev–Trinajstić information content (AvgIpc) is 2.99. The summed E-state index contributed by atoms with van der Waals surface area (Å²) in [6.07, 6.45) is 2.70. The van der Waals surface area contributed by atoms with Gasteiger partial charge in [-0.25, -0.2) is 4.98 Å². The third-order valence-corrected chi connectivity index (χ3v) is 4.37. The van der Waals surface area contributed by atoms with Crippen LogP contribution in [0.5, 0.6) is 5.75 Å². The SMILES string of the molecule is COc1cccc(Sc2nc3sccn3c2C=O)c1. The number of fused-ring (bicyclic) bond motifs is 1. The Balaban J connectivity index is 2.00. The van der Waals surface area contributed by atoms with E-state index >= 15 is 0 Å². The van der Waals surface area contributed by atoms with Crippen LogP contribution in [0.3, 0.4) is 0 Å². The van der Waals surface area contributed by atoms with Crippen LogP contribution in [0.2, 0.25) is 0 Å². The van der Waals surface area contributed by atoms with Crippen molar-refractivity contribution in [2.24, 2.45) is 0 Å². The predicted octanol–water partition coefficient (Wildman–Crippen LogP) is 3.37. The second kappa shape index (κ2) is 5.07. The normalized spacial score (nSPS) is 10.8. The van der Waals surface area contributed by atoms with Crippen LogP contribution in [0.1, 0.15) is 10.5 Å². The molecule has 0 aliphatic rings. The van der Waals surface area contributed by atoms with Crippen LogP contribution in [0.25, 0.3) is 4.96 Å². The molecule has 0 bridgehead atoms. The maximum Gasteiger partial charge on any atom is 0.195 e. The van der Waals surface area contributed by atoms with Gasteiger partial charge in [0.05, 0.1) is 7.11 Å². The first-order chi connectivity index (χ1) is 9.31. The van der Waals surface area contributed by atoms with Crippen LogP contribution in [0, 0.1) is 0 Å². The Bertz CT molecular complexity index is 733. The number of imidazole rings is 1. The van der Waals surface area contributed by atoms with Gasteiger partial charge in [-0.2, -0.15) is 0 Å². The van der Waals surface area contributed by atoms with Crippen molar-refractivity contribution < 1.29 is 9.53 Å². The zero-order valence-electron chi connectivity index (χ0n) is 10.1. The molecule has 1 aromatic carbocycles. The molecule has 96 valence electrons. The average molecular weight is 290 g/mol. The molecule has 0 unspecified atom stereocenters. The van der Waals surface area contributed by atoms with E-state index in [1.807, 2.05) is 35.8 Å². The highest BCUT2D eigenvalue weighted by Crippen LogP contribution is 2.32. The molecule has 4 nitrogen and oxygen atoms in total. The lowest BCUT2D eigenvalue weighted by Gasteiger charge is -2.02. The molecule has 0 saturated carbocycles. The molecule has 3 rings (SSSR count). The summed E-state index contributed by atoms with van der Waals surface area (Å²) >= 11 is 2.97. The first kappa shape index (κ1) is 12.3. The van der Waals surface area contributed by atoms with E-state index in [9.17, 15) is 4.79 Å². The third kappa shape index (κ3) is 2.24. The summed E-state index contributed by atoms with van der Waals surface area (Å²) in [6, 6.07) is 7.69. The molecular weight excluding hydrogens is 280 g/mol. The number of hydrogen-bond donors (Lipinski definition) is 0. The van der Waals surface area contributed by atoms with E-state index < -0.39 is 0 Å². The number of ether oxygens (including phenoxy) is 1. The zero-order chi connectivity index (χ0) is 13.2. The van der Waals surface area contributed by atoms with Gasteiger partial charge in [0.25, 0.3) is 0 Å². The van der Waals surface area contributed by atoms with Gasteiger partial charge in [0.1, 0.15) is 16.5 Å². The van der Waals surface area contributed by atoms with Crippen LogP contribution in [-0.2, 0) is 0 Å². The van der Waals surface area contributed by atoms with E-state index in [1.165, 1.54) is 23.1 Å². The number of methoxy groups -OCH3 is 1. The minimum absolute atomic E-state index is 0.587. The Morgan fingerprint density at radius 3 is 3.16 bits per heavy atom. The van der Waals surface area contributed by atoms with Crippen molar-refractivity contribution in [3.8, 4) is 5.75 Å². The summed E-state index contributed by atoms with van der Waals surface area (Å²) in [5.74, 6) is 0.790. The number of thiazole rings is 1. The Kier molecular flexibility index (Phi) is 3.27. The van der Waals surface area contributed by atoms with Crippen LogP contribution < -0.4 is 4.74 Å². The molecule has 0 atom stereocenters. The van der Waals surface area contributed by atoms with Gasteiger partial charge in [0, 0.05) is 16.5 Å². The second-order valence-electron chi connectivity index (χ2n) is 3.76. The van der Waals surface area contributed by atoms with Crippen LogP contribution in [0.4, 0.5) is 0 Å². The van der Waals surface area contributed by atoms with E-state index in [1.54, 1.807) is 11.5 Å². The first-order valence-corrected chi connectivity index (χ1v) is 7.24. The smallest absolute Gasteiger partial charge is 0.195 e. The van der Waals surface area contributed by atoms with Crippen molar-refractivity contribution in [1.82, 2.24) is 9.38 Å². The van der Waals surface area contributed by atoms with Gasteiger partial charge in [0.15, 0.2) is 11.2 Å². The summed E-state index contributed by atoms with van der Waals surface area (Å²) in [4.78, 5) is 17.5. The third-order valence-electron chi connectivity index (χ3n) is 2.63. The molecular formula is C13H10N2O2S2. The summed E-state index contributed by atoms with van der Waals surface area (Å²) in [5.41, 5.74) is 0.587. The minimum Gasteiger partial charge on any atom is -0.497 e. The van der Waals surface area contributed by atoms with Crippen molar-refractivity contribution >= 4 is 34.3 Å². The maximum absolute atomic E-state index is 11.2. The van der Waals surface area contributed by atoms with Gasteiger partial charge in [-0.15, -0.1) is 11.3 Å². The fourth-order valence-corrected chi connectivity index (χ4v) is 3.45. The first-order valence-electron chi connectivity index (χ1n) is 5.54. The largest absolute Gasteiger partial charge is 0.497 e. The van der Waals surface area contributed by atoms with E-state index in [2.05, 4.69) is 4.98 Å². The molecule has 3 aromatic rings. The molecule has 2 heterocycles. The van der Waals surface area contributed by atoms with Crippen molar-refractivity contribution in [2.75, 3.05) is 7.11 Å². The van der Waals surface area contributed by atoms with E-state index in [4.69, 9.17) is 4.74 Å². The maximum atomic E-state index is 11.2. The molecule has 0 aliphatic heterocycles. The van der Waals surface area contributed by atoms with Crippen molar-refractivity contribution in [2.45, 2.75) is 9.92 Å². The molecule has 0 saturated heterocycles. The monoisotopic (exact) mass is 290 g/mol. The van der Waals surface area contributed by atoms with Gasteiger partial charge >= 0.3 is 0 Å². The lowest BCUT2D eigenvalue weighted by molar-refractivity contribution is 0.111.